The average molecular weight is 663 g/mol. The van der Waals surface area contributed by atoms with Gasteiger partial charge in [0, 0.05) is 42.1 Å². The van der Waals surface area contributed by atoms with E-state index in [2.05, 4.69) is 6.92 Å². The van der Waals surface area contributed by atoms with Crippen molar-refractivity contribution in [2.24, 2.45) is 29.6 Å². The zero-order chi connectivity index (χ0) is 35.1. The van der Waals surface area contributed by atoms with Gasteiger partial charge >= 0.3 is 5.97 Å². The molecular formula is C38H62O9. The van der Waals surface area contributed by atoms with Crippen molar-refractivity contribution in [1.29, 1.82) is 0 Å². The van der Waals surface area contributed by atoms with E-state index < -0.39 is 59.7 Å². The monoisotopic (exact) mass is 662 g/mol. The van der Waals surface area contributed by atoms with E-state index in [1.165, 1.54) is 6.08 Å². The van der Waals surface area contributed by atoms with E-state index >= 15 is 0 Å². The van der Waals surface area contributed by atoms with Gasteiger partial charge in [0.1, 0.15) is 18.5 Å². The van der Waals surface area contributed by atoms with Crippen LogP contribution < -0.4 is 0 Å². The summed E-state index contributed by atoms with van der Waals surface area (Å²) in [5, 5.41) is 45.4. The number of hydrogen-bond donors (Lipinski definition) is 4. The molecule has 0 aromatic carbocycles. The Morgan fingerprint density at radius 1 is 1.09 bits per heavy atom. The molecule has 4 N–H and O–H groups in total. The van der Waals surface area contributed by atoms with Gasteiger partial charge in [0.05, 0.1) is 30.5 Å². The van der Waals surface area contributed by atoms with Crippen LogP contribution in [-0.2, 0) is 23.7 Å². The summed E-state index contributed by atoms with van der Waals surface area (Å²) in [6, 6.07) is 0. The first-order chi connectivity index (χ1) is 22.0. The van der Waals surface area contributed by atoms with Gasteiger partial charge in [0.2, 0.25) is 0 Å². The van der Waals surface area contributed by atoms with Crippen molar-refractivity contribution in [3.05, 3.63) is 47.6 Å². The van der Waals surface area contributed by atoms with Crippen molar-refractivity contribution in [3.63, 3.8) is 0 Å². The molecule has 0 radical (unpaired) electrons. The van der Waals surface area contributed by atoms with E-state index in [0.29, 0.717) is 6.42 Å². The molecule has 9 nitrogen and oxygen atoms in total. The predicted octanol–water partition coefficient (Wildman–Crippen LogP) is 5.76. The summed E-state index contributed by atoms with van der Waals surface area (Å²) in [4.78, 5) is 13.2. The molecule has 2 fully saturated rings. The largest absolute Gasteiger partial charge is 0.458 e. The van der Waals surface area contributed by atoms with Gasteiger partial charge < -0.3 is 39.4 Å². The third-order valence-electron chi connectivity index (χ3n) is 10.9. The molecule has 268 valence electrons. The molecule has 0 spiro atoms. The van der Waals surface area contributed by atoms with E-state index in [0.717, 1.165) is 36.8 Å². The molecule has 3 aliphatic rings. The highest BCUT2D eigenvalue weighted by molar-refractivity contribution is 5.82. The summed E-state index contributed by atoms with van der Waals surface area (Å²) in [6.07, 6.45) is 11.3. The highest BCUT2D eigenvalue weighted by Crippen LogP contribution is 2.40. The topological polar surface area (TPSA) is 135 Å². The van der Waals surface area contributed by atoms with Crippen LogP contribution in [0.15, 0.2) is 47.6 Å². The van der Waals surface area contributed by atoms with Gasteiger partial charge in [-0.1, -0.05) is 89.3 Å². The normalized spacial score (nSPS) is 39.6. The molecule has 2 bridgehead atoms. The van der Waals surface area contributed by atoms with Crippen molar-refractivity contribution in [2.75, 3.05) is 6.79 Å². The molecule has 3 heterocycles. The maximum absolute atomic E-state index is 13.2. The second kappa shape index (κ2) is 17.2. The van der Waals surface area contributed by atoms with Gasteiger partial charge in [0.15, 0.2) is 5.79 Å². The number of carbonyl (C=O) groups is 1. The minimum Gasteiger partial charge on any atom is -0.458 e. The molecule has 3 rings (SSSR count). The van der Waals surface area contributed by atoms with Crippen molar-refractivity contribution >= 4 is 5.97 Å². The van der Waals surface area contributed by atoms with Gasteiger partial charge in [0.25, 0.3) is 0 Å². The maximum Gasteiger partial charge on any atom is 0.331 e. The first kappa shape index (κ1) is 39.6. The van der Waals surface area contributed by atoms with Gasteiger partial charge in [-0.05, 0) is 46.6 Å². The van der Waals surface area contributed by atoms with Crippen LogP contribution in [0.4, 0.5) is 0 Å². The summed E-state index contributed by atoms with van der Waals surface area (Å²) in [7, 11) is 0. The summed E-state index contributed by atoms with van der Waals surface area (Å²) in [6.45, 7) is 17.1. The minimum absolute atomic E-state index is 0.0232. The Kier molecular flexibility index (Phi) is 14.5. The molecule has 0 aromatic heterocycles. The van der Waals surface area contributed by atoms with E-state index in [1.807, 2.05) is 58.9 Å². The van der Waals surface area contributed by atoms with Crippen LogP contribution in [0.5, 0.6) is 0 Å². The van der Waals surface area contributed by atoms with Crippen LogP contribution in [0, 0.1) is 29.6 Å². The smallest absolute Gasteiger partial charge is 0.331 e. The Morgan fingerprint density at radius 2 is 1.79 bits per heavy atom. The molecular weight excluding hydrogens is 600 g/mol. The highest BCUT2D eigenvalue weighted by atomic mass is 16.7. The molecule has 0 saturated carbocycles. The van der Waals surface area contributed by atoms with E-state index in [1.54, 1.807) is 26.8 Å². The Labute approximate surface area is 282 Å². The van der Waals surface area contributed by atoms with Crippen molar-refractivity contribution in [1.82, 2.24) is 0 Å². The lowest BCUT2D eigenvalue weighted by Crippen LogP contribution is -2.57. The number of ether oxygens (including phenoxy) is 4. The molecule has 47 heavy (non-hydrogen) atoms. The summed E-state index contributed by atoms with van der Waals surface area (Å²) >= 11 is 0. The van der Waals surface area contributed by atoms with Crippen LogP contribution in [-0.4, -0.2) is 81.2 Å². The number of rotatable bonds is 8. The Balaban J connectivity index is 1.94. The fraction of sp³-hybridized carbons (Fsp3) is 0.763. The molecule has 0 aliphatic carbocycles. The number of aliphatic hydroxyl groups is 4. The number of fused-ring (bicyclic) bond motifs is 2. The minimum atomic E-state index is -1.74. The number of carbonyl (C=O) groups excluding carboxylic acids is 1. The third-order valence-corrected chi connectivity index (χ3v) is 10.9. The predicted molar refractivity (Wildman–Crippen MR) is 182 cm³/mol. The molecule has 0 aromatic rings. The molecule has 13 unspecified atom stereocenters. The van der Waals surface area contributed by atoms with Gasteiger partial charge in [-0.15, -0.1) is 0 Å². The summed E-state index contributed by atoms with van der Waals surface area (Å²) in [5.41, 5.74) is 0.745. The number of cyclic esters (lactones) is 1. The first-order valence-electron chi connectivity index (χ1n) is 17.6. The molecule has 13 atom stereocenters. The molecule has 9 heteroatoms. The molecule has 2 saturated heterocycles. The fourth-order valence-electron chi connectivity index (χ4n) is 7.35. The first-order valence-corrected chi connectivity index (χ1v) is 17.6. The fourth-order valence-corrected chi connectivity index (χ4v) is 7.35. The Bertz CT molecular complexity index is 1130. The zero-order valence-electron chi connectivity index (χ0n) is 30.1. The van der Waals surface area contributed by atoms with Crippen LogP contribution in [0.25, 0.3) is 0 Å². The van der Waals surface area contributed by atoms with Crippen LogP contribution >= 0.6 is 0 Å². The number of allylic oxidation sites excluding steroid dienone is 5. The van der Waals surface area contributed by atoms with Gasteiger partial charge in [-0.2, -0.15) is 0 Å². The SMILES string of the molecule is CCCCCC1OCOC2(C)C=C(C)C=CC(=O)OC(C(C)C(O)C(C)C3(O)CC(O)C(C)C(C)O3)C(C)C=CC=C(C)CC1C2O. The van der Waals surface area contributed by atoms with Crippen LogP contribution in [0.1, 0.15) is 101 Å². The van der Waals surface area contributed by atoms with Crippen LogP contribution in [0.2, 0.25) is 0 Å². The Morgan fingerprint density at radius 3 is 2.45 bits per heavy atom. The zero-order valence-corrected chi connectivity index (χ0v) is 30.1. The maximum atomic E-state index is 13.2. The van der Waals surface area contributed by atoms with Crippen molar-refractivity contribution < 1.29 is 44.2 Å². The average Bonchev–Trinajstić information content (AvgIpc) is 3.11. The lowest BCUT2D eigenvalue weighted by Gasteiger charge is -2.47. The van der Waals surface area contributed by atoms with E-state index in [-0.39, 0.29) is 37.1 Å². The second-order valence-corrected chi connectivity index (χ2v) is 14.8. The van der Waals surface area contributed by atoms with Gasteiger partial charge in [-0.3, -0.25) is 0 Å². The number of unbranched alkanes of at least 4 members (excludes halogenated alkanes) is 2. The van der Waals surface area contributed by atoms with Crippen molar-refractivity contribution in [2.45, 2.75) is 149 Å². The molecule has 3 aliphatic heterocycles. The molecule has 0 amide bonds. The van der Waals surface area contributed by atoms with Gasteiger partial charge in [-0.25, -0.2) is 4.79 Å². The lowest BCUT2D eigenvalue weighted by atomic mass is 9.77. The quantitative estimate of drug-likeness (QED) is 0.189. The number of hydrogen-bond acceptors (Lipinski definition) is 9. The van der Waals surface area contributed by atoms with E-state index in [9.17, 15) is 25.2 Å². The van der Waals surface area contributed by atoms with Crippen molar-refractivity contribution in [3.8, 4) is 0 Å². The standard InChI is InChI=1S/C38H62O9/c1-10-11-12-16-32-30-19-23(2)14-13-15-25(4)35(27(6)34(41)28(7)38(43)21-31(39)26(5)29(8)47-38)46-33(40)18-17-24(3)20-37(9,36(30)42)45-22-44-32/h13-15,17-18,20,25-32,34-36,39,41-43H,10-12,16,19,21-22H2,1-9H3. The second-order valence-electron chi connectivity index (χ2n) is 14.8. The summed E-state index contributed by atoms with van der Waals surface area (Å²) in [5.74, 6) is -4.33. The van der Waals surface area contributed by atoms with Crippen LogP contribution in [0.3, 0.4) is 0 Å². The summed E-state index contributed by atoms with van der Waals surface area (Å²) < 4.78 is 24.3. The number of esters is 1. The number of aliphatic hydroxyl groups excluding tert-OH is 3. The lowest BCUT2D eigenvalue weighted by molar-refractivity contribution is -0.318. The Hall–Kier alpha value is -1.85. The third kappa shape index (κ3) is 10.1. The van der Waals surface area contributed by atoms with E-state index in [4.69, 9.17) is 18.9 Å². The highest BCUT2D eigenvalue weighted by Gasteiger charge is 2.50.